The quantitative estimate of drug-likeness (QED) is 0.505. The van der Waals surface area contributed by atoms with Gasteiger partial charge in [0.15, 0.2) is 0 Å². The maximum absolute atomic E-state index is 6.28. The number of nitrogen functional groups attached to an aromatic ring is 1. The van der Waals surface area contributed by atoms with E-state index in [-0.39, 0.29) is 6.10 Å². The molecule has 0 atom stereocenters. The number of anilines is 3. The lowest BCUT2D eigenvalue weighted by Gasteiger charge is -2.24. The zero-order chi connectivity index (χ0) is 22.5. The Hall–Kier alpha value is -3.17. The zero-order valence-corrected chi connectivity index (χ0v) is 18.8. The molecule has 0 radical (unpaired) electrons. The monoisotopic (exact) mass is 449 g/mol. The van der Waals surface area contributed by atoms with E-state index in [1.54, 1.807) is 12.4 Å². The van der Waals surface area contributed by atoms with Gasteiger partial charge in [0.25, 0.3) is 0 Å². The van der Waals surface area contributed by atoms with Gasteiger partial charge in [-0.15, -0.1) is 0 Å². The molecule has 9 heteroatoms. The van der Waals surface area contributed by atoms with Gasteiger partial charge in [-0.05, 0) is 50.2 Å². The molecule has 174 valence electrons. The molecular weight excluding hydrogens is 418 g/mol. The number of aromatic nitrogens is 4. The molecule has 9 nitrogen and oxygen atoms in total. The van der Waals surface area contributed by atoms with Gasteiger partial charge < -0.3 is 25.4 Å². The number of benzene rings is 1. The van der Waals surface area contributed by atoms with E-state index >= 15 is 0 Å². The normalized spacial score (nSPS) is 17.3. The molecule has 0 spiro atoms. The number of nitrogens with one attached hydrogen (secondary N) is 1. The van der Waals surface area contributed by atoms with Gasteiger partial charge >= 0.3 is 0 Å². The SMILES string of the molecule is Nc1cc(-c2ccnc(Nc3cnn(CCN4CCCC4)c3)n2)ccc1OC1CCOCC1. The first kappa shape index (κ1) is 21.7. The van der Waals surface area contributed by atoms with Crippen molar-refractivity contribution in [3.05, 3.63) is 42.9 Å². The highest BCUT2D eigenvalue weighted by molar-refractivity contribution is 5.69. The lowest BCUT2D eigenvalue weighted by Crippen LogP contribution is -2.26. The van der Waals surface area contributed by atoms with E-state index in [1.165, 1.54) is 25.9 Å². The van der Waals surface area contributed by atoms with Crippen molar-refractivity contribution in [1.29, 1.82) is 0 Å². The van der Waals surface area contributed by atoms with Crippen LogP contribution in [0.2, 0.25) is 0 Å². The minimum atomic E-state index is 0.151. The average Bonchev–Trinajstić information content (AvgIpc) is 3.52. The molecule has 4 heterocycles. The highest BCUT2D eigenvalue weighted by atomic mass is 16.5. The molecule has 5 rings (SSSR count). The Morgan fingerprint density at radius 1 is 1.12 bits per heavy atom. The molecular formula is C24H31N7O2. The number of hydrogen-bond donors (Lipinski definition) is 2. The first-order valence-corrected chi connectivity index (χ1v) is 11.7. The number of nitrogens with two attached hydrogens (primary N) is 1. The molecule has 1 aromatic carbocycles. The lowest BCUT2D eigenvalue weighted by atomic mass is 10.1. The van der Waals surface area contributed by atoms with Crippen molar-refractivity contribution in [2.45, 2.75) is 38.3 Å². The molecule has 33 heavy (non-hydrogen) atoms. The molecule has 0 aliphatic carbocycles. The number of ether oxygens (including phenoxy) is 2. The predicted octanol–water partition coefficient (Wildman–Crippen LogP) is 3.32. The van der Waals surface area contributed by atoms with Crippen LogP contribution < -0.4 is 15.8 Å². The van der Waals surface area contributed by atoms with Gasteiger partial charge in [-0.3, -0.25) is 4.68 Å². The van der Waals surface area contributed by atoms with E-state index in [0.29, 0.717) is 17.4 Å². The summed E-state index contributed by atoms with van der Waals surface area (Å²) in [6, 6.07) is 7.67. The van der Waals surface area contributed by atoms with Crippen molar-refractivity contribution in [2.24, 2.45) is 0 Å². The number of rotatable bonds is 8. The Bertz CT molecular complexity index is 1060. The topological polar surface area (TPSA) is 103 Å². The smallest absolute Gasteiger partial charge is 0.227 e. The Morgan fingerprint density at radius 3 is 2.79 bits per heavy atom. The second-order valence-electron chi connectivity index (χ2n) is 8.61. The molecule has 2 aromatic heterocycles. The summed E-state index contributed by atoms with van der Waals surface area (Å²) in [5.41, 5.74) is 9.46. The molecule has 2 saturated heterocycles. The van der Waals surface area contributed by atoms with Gasteiger partial charge in [0, 0.05) is 37.3 Å². The summed E-state index contributed by atoms with van der Waals surface area (Å²) in [5, 5.41) is 7.71. The molecule has 3 aromatic rings. The van der Waals surface area contributed by atoms with Gasteiger partial charge in [0.05, 0.1) is 43.0 Å². The molecule has 3 N–H and O–H groups in total. The first-order chi connectivity index (χ1) is 16.2. The highest BCUT2D eigenvalue weighted by Gasteiger charge is 2.17. The molecule has 0 unspecified atom stereocenters. The second kappa shape index (κ2) is 10.2. The Kier molecular flexibility index (Phi) is 6.68. The third-order valence-electron chi connectivity index (χ3n) is 6.16. The Balaban J connectivity index is 1.22. The Labute approximate surface area is 193 Å². The first-order valence-electron chi connectivity index (χ1n) is 11.7. The number of nitrogens with zero attached hydrogens (tertiary/aromatic N) is 5. The van der Waals surface area contributed by atoms with Crippen LogP contribution in [0.4, 0.5) is 17.3 Å². The lowest BCUT2D eigenvalue weighted by molar-refractivity contribution is 0.0259. The van der Waals surface area contributed by atoms with Crippen molar-refractivity contribution in [2.75, 3.05) is 43.9 Å². The van der Waals surface area contributed by atoms with E-state index in [1.807, 2.05) is 35.1 Å². The van der Waals surface area contributed by atoms with Crippen LogP contribution in [0, 0.1) is 0 Å². The minimum absolute atomic E-state index is 0.151. The molecule has 0 amide bonds. The van der Waals surface area contributed by atoms with E-state index in [0.717, 1.165) is 56.1 Å². The summed E-state index contributed by atoms with van der Waals surface area (Å²) in [6.45, 7) is 5.76. The zero-order valence-electron chi connectivity index (χ0n) is 18.8. The largest absolute Gasteiger partial charge is 0.488 e. The third-order valence-corrected chi connectivity index (χ3v) is 6.16. The van der Waals surface area contributed by atoms with Gasteiger partial charge in [-0.2, -0.15) is 5.10 Å². The van der Waals surface area contributed by atoms with Crippen LogP contribution in [-0.2, 0) is 11.3 Å². The molecule has 2 aliphatic heterocycles. The van der Waals surface area contributed by atoms with Crippen molar-refractivity contribution in [1.82, 2.24) is 24.6 Å². The van der Waals surface area contributed by atoms with Crippen molar-refractivity contribution >= 4 is 17.3 Å². The number of likely N-dealkylation sites (tertiary alicyclic amines) is 1. The van der Waals surface area contributed by atoms with E-state index in [2.05, 4.69) is 25.3 Å². The fourth-order valence-corrected chi connectivity index (χ4v) is 4.30. The van der Waals surface area contributed by atoms with Crippen LogP contribution in [0.15, 0.2) is 42.9 Å². The van der Waals surface area contributed by atoms with E-state index < -0.39 is 0 Å². The fraction of sp³-hybridized carbons (Fsp3) is 0.458. The van der Waals surface area contributed by atoms with Gasteiger partial charge in [-0.25, -0.2) is 9.97 Å². The van der Waals surface area contributed by atoms with Crippen LogP contribution in [0.5, 0.6) is 5.75 Å². The summed E-state index contributed by atoms with van der Waals surface area (Å²) in [7, 11) is 0. The summed E-state index contributed by atoms with van der Waals surface area (Å²) >= 11 is 0. The minimum Gasteiger partial charge on any atom is -0.488 e. The van der Waals surface area contributed by atoms with Crippen LogP contribution in [-0.4, -0.2) is 63.6 Å². The van der Waals surface area contributed by atoms with Gasteiger partial charge in [-0.1, -0.05) is 0 Å². The van der Waals surface area contributed by atoms with Gasteiger partial charge in [0.1, 0.15) is 11.9 Å². The highest BCUT2D eigenvalue weighted by Crippen LogP contribution is 2.30. The fourth-order valence-electron chi connectivity index (χ4n) is 4.30. The molecule has 2 aliphatic rings. The molecule has 0 saturated carbocycles. The standard InChI is InChI=1S/C24H31N7O2/c25-21-15-18(3-4-23(21)33-20-6-13-32-14-7-20)22-5-8-26-24(29-22)28-19-16-27-31(17-19)12-11-30-9-1-2-10-30/h3-5,8,15-17,20H,1-2,6-7,9-14,25H2,(H,26,28,29). The maximum atomic E-state index is 6.28. The summed E-state index contributed by atoms with van der Waals surface area (Å²) in [5.74, 6) is 1.23. The van der Waals surface area contributed by atoms with Crippen molar-refractivity contribution in [3.8, 4) is 17.0 Å². The number of hydrogen-bond acceptors (Lipinski definition) is 8. The summed E-state index contributed by atoms with van der Waals surface area (Å²) in [4.78, 5) is 11.5. The van der Waals surface area contributed by atoms with Crippen LogP contribution in [0.1, 0.15) is 25.7 Å². The summed E-state index contributed by atoms with van der Waals surface area (Å²) in [6.07, 6.45) is 10.1. The van der Waals surface area contributed by atoms with Gasteiger partial charge in [0.2, 0.25) is 5.95 Å². The molecule has 0 bridgehead atoms. The van der Waals surface area contributed by atoms with Crippen LogP contribution in [0.3, 0.4) is 0 Å². The van der Waals surface area contributed by atoms with Crippen LogP contribution in [0.25, 0.3) is 11.3 Å². The van der Waals surface area contributed by atoms with Crippen molar-refractivity contribution in [3.63, 3.8) is 0 Å². The second-order valence-corrected chi connectivity index (χ2v) is 8.61. The average molecular weight is 450 g/mol. The predicted molar refractivity (Wildman–Crippen MR) is 128 cm³/mol. The van der Waals surface area contributed by atoms with Crippen molar-refractivity contribution < 1.29 is 9.47 Å². The summed E-state index contributed by atoms with van der Waals surface area (Å²) < 4.78 is 13.4. The maximum Gasteiger partial charge on any atom is 0.227 e. The molecule has 2 fully saturated rings. The van der Waals surface area contributed by atoms with Crippen LogP contribution >= 0.6 is 0 Å². The third kappa shape index (κ3) is 5.61. The van der Waals surface area contributed by atoms with E-state index in [9.17, 15) is 0 Å². The van der Waals surface area contributed by atoms with E-state index in [4.69, 9.17) is 15.2 Å². The Morgan fingerprint density at radius 2 is 1.97 bits per heavy atom.